The molecule has 0 radical (unpaired) electrons. The molecular weight excluding hydrogens is 322 g/mol. The number of nitrogens with one attached hydrogen (secondary N) is 1. The minimum absolute atomic E-state index is 0.0170. The van der Waals surface area contributed by atoms with Crippen LogP contribution in [0.15, 0.2) is 18.2 Å². The maximum atomic E-state index is 13.9. The Kier molecular flexibility index (Phi) is 5.19. The smallest absolute Gasteiger partial charge is 0.209 e. The lowest BCUT2D eigenvalue weighted by Crippen LogP contribution is -2.32. The van der Waals surface area contributed by atoms with Gasteiger partial charge in [-0.15, -0.1) is 0 Å². The summed E-state index contributed by atoms with van der Waals surface area (Å²) in [7, 11) is -3.64. The van der Waals surface area contributed by atoms with E-state index in [0.29, 0.717) is 5.56 Å². The molecule has 21 heavy (non-hydrogen) atoms. The molecule has 2 rings (SSSR count). The molecule has 0 bridgehead atoms. The number of halogens is 3. The molecule has 0 aliphatic carbocycles. The minimum Gasteiger partial charge on any atom is -0.310 e. The van der Waals surface area contributed by atoms with Crippen molar-refractivity contribution in [2.24, 2.45) is 11.1 Å². The highest BCUT2D eigenvalue weighted by atomic mass is 35.5. The van der Waals surface area contributed by atoms with Gasteiger partial charge in [0.05, 0.1) is 10.8 Å². The Morgan fingerprint density at radius 2 is 2.14 bits per heavy atom. The summed E-state index contributed by atoms with van der Waals surface area (Å²) in [6, 6.07) is 4.32. The number of alkyl halides is 1. The lowest BCUT2D eigenvalue weighted by Gasteiger charge is -2.20. The summed E-state index contributed by atoms with van der Waals surface area (Å²) < 4.78 is 49.8. The van der Waals surface area contributed by atoms with E-state index in [9.17, 15) is 17.2 Å². The quantitative estimate of drug-likeness (QED) is 0.857. The Morgan fingerprint density at radius 3 is 2.81 bits per heavy atom. The second-order valence-corrected chi connectivity index (χ2v) is 7.41. The van der Waals surface area contributed by atoms with Crippen LogP contribution >= 0.6 is 11.6 Å². The Morgan fingerprint density at radius 1 is 1.43 bits per heavy atom. The van der Waals surface area contributed by atoms with Crippen molar-refractivity contribution in [3.05, 3.63) is 34.6 Å². The van der Waals surface area contributed by atoms with Gasteiger partial charge in [-0.3, -0.25) is 0 Å². The lowest BCUT2D eigenvalue weighted by atomic mass is 9.91. The van der Waals surface area contributed by atoms with Crippen LogP contribution in [0.5, 0.6) is 0 Å². The molecule has 0 spiro atoms. The third-order valence-electron chi connectivity index (χ3n) is 3.76. The molecule has 1 aromatic carbocycles. The van der Waals surface area contributed by atoms with Crippen LogP contribution in [0.25, 0.3) is 0 Å². The van der Waals surface area contributed by atoms with Gasteiger partial charge < -0.3 is 5.32 Å². The molecule has 0 unspecified atom stereocenters. The Bertz CT molecular complexity index is 612. The molecule has 0 saturated carbocycles. The largest absolute Gasteiger partial charge is 0.310 e. The van der Waals surface area contributed by atoms with Crippen molar-refractivity contribution in [2.75, 3.05) is 12.3 Å². The van der Waals surface area contributed by atoms with Crippen molar-refractivity contribution in [1.82, 2.24) is 5.32 Å². The Hall–Kier alpha value is -0.760. The van der Waals surface area contributed by atoms with Gasteiger partial charge in [0.25, 0.3) is 0 Å². The fourth-order valence-electron chi connectivity index (χ4n) is 2.67. The highest BCUT2D eigenvalue weighted by Gasteiger charge is 2.36. The second-order valence-electron chi connectivity index (χ2n) is 5.27. The van der Waals surface area contributed by atoms with Crippen LogP contribution in [0, 0.1) is 11.7 Å². The zero-order valence-corrected chi connectivity index (χ0v) is 12.8. The SMILES string of the molecule is NS(=O)(=O)CC[C@H]1[C@H](F)CN[C@H]1Cc1cccc(Cl)c1F. The van der Waals surface area contributed by atoms with Crippen molar-refractivity contribution in [2.45, 2.75) is 25.1 Å². The van der Waals surface area contributed by atoms with Gasteiger partial charge in [0.15, 0.2) is 0 Å². The van der Waals surface area contributed by atoms with Crippen molar-refractivity contribution in [3.63, 3.8) is 0 Å². The molecule has 3 N–H and O–H groups in total. The third-order valence-corrected chi connectivity index (χ3v) is 4.86. The molecule has 0 aromatic heterocycles. The van der Waals surface area contributed by atoms with E-state index in [1.54, 1.807) is 12.1 Å². The normalized spacial score (nSPS) is 26.2. The van der Waals surface area contributed by atoms with E-state index in [1.807, 2.05) is 0 Å². The average Bonchev–Trinajstić information content (AvgIpc) is 2.72. The van der Waals surface area contributed by atoms with E-state index in [2.05, 4.69) is 5.32 Å². The molecule has 4 nitrogen and oxygen atoms in total. The van der Waals surface area contributed by atoms with Crippen LogP contribution < -0.4 is 10.5 Å². The first kappa shape index (κ1) is 16.6. The second kappa shape index (κ2) is 6.56. The molecule has 1 fully saturated rings. The van der Waals surface area contributed by atoms with Crippen molar-refractivity contribution >= 4 is 21.6 Å². The van der Waals surface area contributed by atoms with Crippen LogP contribution in [0.2, 0.25) is 5.02 Å². The van der Waals surface area contributed by atoms with Crippen LogP contribution in [0.3, 0.4) is 0 Å². The van der Waals surface area contributed by atoms with Gasteiger partial charge in [-0.2, -0.15) is 0 Å². The monoisotopic (exact) mass is 338 g/mol. The fraction of sp³-hybridized carbons (Fsp3) is 0.538. The molecule has 118 valence electrons. The molecule has 1 aliphatic heterocycles. The average molecular weight is 339 g/mol. The van der Waals surface area contributed by atoms with Gasteiger partial charge in [0.1, 0.15) is 12.0 Å². The number of primary sulfonamides is 1. The molecule has 1 saturated heterocycles. The summed E-state index contributed by atoms with van der Waals surface area (Å²) in [5.41, 5.74) is 0.384. The third kappa shape index (κ3) is 4.35. The lowest BCUT2D eigenvalue weighted by molar-refractivity contribution is 0.255. The maximum absolute atomic E-state index is 13.9. The molecule has 3 atom stereocenters. The van der Waals surface area contributed by atoms with E-state index in [0.717, 1.165) is 0 Å². The summed E-state index contributed by atoms with van der Waals surface area (Å²) in [6.45, 7) is 0.127. The number of sulfonamides is 1. The first-order chi connectivity index (χ1) is 9.78. The standard InChI is InChI=1S/C13H17ClF2N2O2S/c14-10-3-1-2-8(13(10)16)6-12-9(11(15)7-18-12)4-5-21(17,19)20/h1-3,9,11-12,18H,4-7H2,(H2,17,19,20)/t9-,11+,12-/m0/s1. The summed E-state index contributed by atoms with van der Waals surface area (Å²) in [5.74, 6) is -1.32. The molecule has 0 amide bonds. The van der Waals surface area contributed by atoms with E-state index in [1.165, 1.54) is 6.07 Å². The predicted octanol–water partition coefficient (Wildman–Crippen LogP) is 1.63. The van der Waals surface area contributed by atoms with E-state index in [-0.39, 0.29) is 36.2 Å². The highest BCUT2D eigenvalue weighted by Crippen LogP contribution is 2.28. The summed E-state index contributed by atoms with van der Waals surface area (Å²) >= 11 is 5.72. The van der Waals surface area contributed by atoms with Gasteiger partial charge in [0.2, 0.25) is 10.0 Å². The first-order valence-corrected chi connectivity index (χ1v) is 8.68. The Balaban J connectivity index is 2.09. The molecule has 8 heteroatoms. The topological polar surface area (TPSA) is 72.2 Å². The number of hydrogen-bond acceptors (Lipinski definition) is 3. The maximum Gasteiger partial charge on any atom is 0.209 e. The summed E-state index contributed by atoms with van der Waals surface area (Å²) in [5, 5.41) is 7.94. The van der Waals surface area contributed by atoms with E-state index < -0.39 is 27.9 Å². The van der Waals surface area contributed by atoms with Gasteiger partial charge in [-0.1, -0.05) is 23.7 Å². The fourth-order valence-corrected chi connectivity index (χ4v) is 3.46. The van der Waals surface area contributed by atoms with Crippen molar-refractivity contribution in [1.29, 1.82) is 0 Å². The zero-order valence-electron chi connectivity index (χ0n) is 11.2. The summed E-state index contributed by atoms with van der Waals surface area (Å²) in [6.07, 6.45) is -0.805. The zero-order chi connectivity index (χ0) is 15.6. The molecular formula is C13H17ClF2N2O2S. The van der Waals surface area contributed by atoms with Crippen molar-refractivity contribution in [3.8, 4) is 0 Å². The highest BCUT2D eigenvalue weighted by molar-refractivity contribution is 7.89. The van der Waals surface area contributed by atoms with Crippen molar-refractivity contribution < 1.29 is 17.2 Å². The van der Waals surface area contributed by atoms with Crippen LogP contribution in [0.1, 0.15) is 12.0 Å². The van der Waals surface area contributed by atoms with Gasteiger partial charge >= 0.3 is 0 Å². The van der Waals surface area contributed by atoms with Crippen LogP contribution in [0.4, 0.5) is 8.78 Å². The van der Waals surface area contributed by atoms with E-state index in [4.69, 9.17) is 16.7 Å². The Labute approximate surface area is 127 Å². The van der Waals surface area contributed by atoms with Gasteiger partial charge in [0, 0.05) is 18.5 Å². The molecule has 1 heterocycles. The number of nitrogens with two attached hydrogens (primary N) is 1. The first-order valence-electron chi connectivity index (χ1n) is 6.59. The van der Waals surface area contributed by atoms with Crippen LogP contribution in [-0.4, -0.2) is 32.9 Å². The minimum atomic E-state index is -3.64. The predicted molar refractivity (Wildman–Crippen MR) is 77.9 cm³/mol. The van der Waals surface area contributed by atoms with Crippen LogP contribution in [-0.2, 0) is 16.4 Å². The van der Waals surface area contributed by atoms with E-state index >= 15 is 0 Å². The number of hydrogen-bond donors (Lipinski definition) is 2. The summed E-state index contributed by atoms with van der Waals surface area (Å²) in [4.78, 5) is 0. The van der Waals surface area contributed by atoms with Gasteiger partial charge in [-0.25, -0.2) is 22.3 Å². The number of rotatable bonds is 5. The molecule has 1 aromatic rings. The number of benzene rings is 1. The molecule has 1 aliphatic rings. The van der Waals surface area contributed by atoms with Gasteiger partial charge in [-0.05, 0) is 24.5 Å².